The summed E-state index contributed by atoms with van der Waals surface area (Å²) in [4.78, 5) is 3.97. The highest BCUT2D eigenvalue weighted by molar-refractivity contribution is 7.09. The molecule has 0 amide bonds. The van der Waals surface area contributed by atoms with Crippen LogP contribution in [0.2, 0.25) is 0 Å². The number of rotatable bonds is 7. The standard InChI is InChI=1S/C15H26N2OS/c1-12(2)17(11-15-5-4-8-19-15)10-14-7-6-13(18-14)9-16-3/h4-5,8,12-14,16H,6-7,9-11H2,1-3H3. The highest BCUT2D eigenvalue weighted by Crippen LogP contribution is 2.22. The first kappa shape index (κ1) is 15.0. The van der Waals surface area contributed by atoms with Gasteiger partial charge in [-0.3, -0.25) is 4.90 Å². The van der Waals surface area contributed by atoms with Crippen molar-refractivity contribution >= 4 is 11.3 Å². The molecule has 2 atom stereocenters. The van der Waals surface area contributed by atoms with E-state index in [2.05, 4.69) is 41.6 Å². The molecule has 0 aromatic carbocycles. The number of hydrogen-bond donors (Lipinski definition) is 1. The Balaban J connectivity index is 1.84. The van der Waals surface area contributed by atoms with Gasteiger partial charge in [0.15, 0.2) is 0 Å². The van der Waals surface area contributed by atoms with Crippen LogP contribution in [0.15, 0.2) is 17.5 Å². The van der Waals surface area contributed by atoms with Gasteiger partial charge in [-0.25, -0.2) is 0 Å². The molecule has 1 aromatic rings. The summed E-state index contributed by atoms with van der Waals surface area (Å²) in [5.41, 5.74) is 0. The van der Waals surface area contributed by atoms with E-state index in [1.165, 1.54) is 17.7 Å². The Hall–Kier alpha value is -0.420. The first-order valence-corrected chi connectivity index (χ1v) is 8.13. The highest BCUT2D eigenvalue weighted by Gasteiger charge is 2.27. The van der Waals surface area contributed by atoms with Crippen molar-refractivity contribution in [3.05, 3.63) is 22.4 Å². The van der Waals surface area contributed by atoms with E-state index in [0.29, 0.717) is 18.2 Å². The maximum atomic E-state index is 6.10. The van der Waals surface area contributed by atoms with Crippen molar-refractivity contribution in [3.63, 3.8) is 0 Å². The average Bonchev–Trinajstić information content (AvgIpc) is 3.01. The molecular formula is C15H26N2OS. The molecule has 1 N–H and O–H groups in total. The second kappa shape index (κ2) is 7.39. The summed E-state index contributed by atoms with van der Waals surface area (Å²) in [7, 11) is 1.99. The van der Waals surface area contributed by atoms with Gasteiger partial charge in [0.1, 0.15) is 0 Å². The van der Waals surface area contributed by atoms with Crippen molar-refractivity contribution in [3.8, 4) is 0 Å². The third kappa shape index (κ3) is 4.56. The number of likely N-dealkylation sites (N-methyl/N-ethyl adjacent to an activating group) is 1. The zero-order chi connectivity index (χ0) is 13.7. The van der Waals surface area contributed by atoms with Gasteiger partial charge in [0.2, 0.25) is 0 Å². The zero-order valence-corrected chi connectivity index (χ0v) is 13.1. The fraction of sp³-hybridized carbons (Fsp3) is 0.733. The van der Waals surface area contributed by atoms with Gasteiger partial charge in [-0.1, -0.05) is 6.07 Å². The van der Waals surface area contributed by atoms with Gasteiger partial charge < -0.3 is 10.1 Å². The van der Waals surface area contributed by atoms with Crippen molar-refractivity contribution in [1.29, 1.82) is 0 Å². The summed E-state index contributed by atoms with van der Waals surface area (Å²) in [5, 5.41) is 5.36. The van der Waals surface area contributed by atoms with E-state index in [9.17, 15) is 0 Å². The Kier molecular flexibility index (Phi) is 5.82. The fourth-order valence-corrected chi connectivity index (χ4v) is 3.34. The number of hydrogen-bond acceptors (Lipinski definition) is 4. The largest absolute Gasteiger partial charge is 0.372 e. The number of nitrogens with zero attached hydrogens (tertiary/aromatic N) is 1. The molecule has 0 saturated carbocycles. The molecule has 1 aromatic heterocycles. The van der Waals surface area contributed by atoms with Crippen molar-refractivity contribution in [1.82, 2.24) is 10.2 Å². The molecule has 2 heterocycles. The Labute approximate surface area is 121 Å². The van der Waals surface area contributed by atoms with Crippen LogP contribution in [0.1, 0.15) is 31.6 Å². The predicted octanol–water partition coefficient (Wildman–Crippen LogP) is 2.73. The van der Waals surface area contributed by atoms with Crippen LogP contribution in [0, 0.1) is 0 Å². The van der Waals surface area contributed by atoms with E-state index < -0.39 is 0 Å². The lowest BCUT2D eigenvalue weighted by Crippen LogP contribution is -2.37. The molecule has 0 spiro atoms. The zero-order valence-electron chi connectivity index (χ0n) is 12.3. The average molecular weight is 282 g/mol. The van der Waals surface area contributed by atoms with Crippen LogP contribution in [0.3, 0.4) is 0 Å². The third-order valence-corrected chi connectivity index (χ3v) is 4.60. The van der Waals surface area contributed by atoms with E-state index >= 15 is 0 Å². The minimum atomic E-state index is 0.403. The minimum absolute atomic E-state index is 0.403. The van der Waals surface area contributed by atoms with Crippen LogP contribution in [0.4, 0.5) is 0 Å². The molecule has 0 aliphatic carbocycles. The van der Waals surface area contributed by atoms with Gasteiger partial charge in [-0.15, -0.1) is 11.3 Å². The summed E-state index contributed by atoms with van der Waals surface area (Å²) in [6.07, 6.45) is 3.20. The summed E-state index contributed by atoms with van der Waals surface area (Å²) in [6.45, 7) is 7.62. The first-order valence-electron chi connectivity index (χ1n) is 7.25. The van der Waals surface area contributed by atoms with Crippen LogP contribution in [0.25, 0.3) is 0 Å². The molecule has 1 aliphatic rings. The van der Waals surface area contributed by atoms with Crippen molar-refractivity contribution < 1.29 is 4.74 Å². The Bertz CT molecular complexity index is 353. The van der Waals surface area contributed by atoms with Gasteiger partial charge in [-0.05, 0) is 45.2 Å². The van der Waals surface area contributed by atoms with E-state index in [1.807, 2.05) is 18.4 Å². The molecule has 0 bridgehead atoms. The lowest BCUT2D eigenvalue weighted by molar-refractivity contribution is 0.0163. The molecule has 1 saturated heterocycles. The van der Waals surface area contributed by atoms with E-state index in [-0.39, 0.29) is 0 Å². The number of ether oxygens (including phenoxy) is 1. The second-order valence-corrected chi connectivity index (χ2v) is 6.65. The molecule has 3 nitrogen and oxygen atoms in total. The molecule has 2 rings (SSSR count). The normalized spacial score (nSPS) is 23.6. The Morgan fingerprint density at radius 2 is 2.21 bits per heavy atom. The molecule has 4 heteroatoms. The van der Waals surface area contributed by atoms with Crippen molar-refractivity contribution in [2.24, 2.45) is 0 Å². The summed E-state index contributed by atoms with van der Waals surface area (Å²) in [5.74, 6) is 0. The molecule has 108 valence electrons. The van der Waals surface area contributed by atoms with Gasteiger partial charge in [-0.2, -0.15) is 0 Å². The van der Waals surface area contributed by atoms with Crippen LogP contribution in [-0.4, -0.2) is 43.3 Å². The smallest absolute Gasteiger partial charge is 0.0707 e. The molecule has 19 heavy (non-hydrogen) atoms. The molecular weight excluding hydrogens is 256 g/mol. The summed E-state index contributed by atoms with van der Waals surface area (Å²) in [6, 6.07) is 4.92. The predicted molar refractivity (Wildman–Crippen MR) is 81.7 cm³/mol. The lowest BCUT2D eigenvalue weighted by atomic mass is 10.1. The van der Waals surface area contributed by atoms with Crippen LogP contribution in [-0.2, 0) is 11.3 Å². The van der Waals surface area contributed by atoms with Crippen LogP contribution < -0.4 is 5.32 Å². The quantitative estimate of drug-likeness (QED) is 0.832. The first-order chi connectivity index (χ1) is 9.19. The molecule has 0 radical (unpaired) electrons. The Morgan fingerprint density at radius 1 is 1.42 bits per heavy atom. The molecule has 1 fully saturated rings. The third-order valence-electron chi connectivity index (χ3n) is 3.73. The van der Waals surface area contributed by atoms with Crippen LogP contribution >= 0.6 is 11.3 Å². The summed E-state index contributed by atoms with van der Waals surface area (Å²) >= 11 is 1.84. The number of thiophene rings is 1. The maximum Gasteiger partial charge on any atom is 0.0707 e. The lowest BCUT2D eigenvalue weighted by Gasteiger charge is -2.28. The molecule has 1 aliphatic heterocycles. The summed E-state index contributed by atoms with van der Waals surface area (Å²) < 4.78 is 6.10. The fourth-order valence-electron chi connectivity index (χ4n) is 2.61. The number of nitrogens with one attached hydrogen (secondary N) is 1. The SMILES string of the molecule is CNCC1CCC(CN(Cc2cccs2)C(C)C)O1. The van der Waals surface area contributed by atoms with Crippen LogP contribution in [0.5, 0.6) is 0 Å². The highest BCUT2D eigenvalue weighted by atomic mass is 32.1. The van der Waals surface area contributed by atoms with Crippen molar-refractivity contribution in [2.45, 2.75) is 51.5 Å². The van der Waals surface area contributed by atoms with Gasteiger partial charge >= 0.3 is 0 Å². The monoisotopic (exact) mass is 282 g/mol. The van der Waals surface area contributed by atoms with Gasteiger partial charge in [0, 0.05) is 30.6 Å². The second-order valence-electron chi connectivity index (χ2n) is 5.62. The maximum absolute atomic E-state index is 6.10. The van der Waals surface area contributed by atoms with E-state index in [0.717, 1.165) is 19.6 Å². The van der Waals surface area contributed by atoms with E-state index in [4.69, 9.17) is 4.74 Å². The Morgan fingerprint density at radius 3 is 2.84 bits per heavy atom. The van der Waals surface area contributed by atoms with Gasteiger partial charge in [0.25, 0.3) is 0 Å². The van der Waals surface area contributed by atoms with Crippen molar-refractivity contribution in [2.75, 3.05) is 20.1 Å². The minimum Gasteiger partial charge on any atom is -0.372 e. The van der Waals surface area contributed by atoms with Gasteiger partial charge in [0.05, 0.1) is 12.2 Å². The molecule has 2 unspecified atom stereocenters. The topological polar surface area (TPSA) is 24.5 Å². The van der Waals surface area contributed by atoms with E-state index in [1.54, 1.807) is 0 Å².